The Bertz CT molecular complexity index is 135. The molecule has 1 heterocycles. The van der Waals surface area contributed by atoms with Gasteiger partial charge in [-0.25, -0.2) is 0 Å². The Kier molecular flexibility index (Phi) is 4.11. The van der Waals surface area contributed by atoms with Crippen LogP contribution in [0, 0.1) is 0 Å². The normalized spacial score (nSPS) is 18.9. The molecule has 3 nitrogen and oxygen atoms in total. The molecule has 1 aliphatic heterocycles. The van der Waals surface area contributed by atoms with E-state index >= 15 is 0 Å². The van der Waals surface area contributed by atoms with Crippen molar-refractivity contribution < 1.29 is 11.0 Å². The average molecular weight is 161 g/mol. The van der Waals surface area contributed by atoms with Gasteiger partial charge in [0.2, 0.25) is 5.91 Å². The van der Waals surface area contributed by atoms with Crippen molar-refractivity contribution in [2.24, 2.45) is 0 Å². The number of amides is 1. The highest BCUT2D eigenvalue weighted by Gasteiger charge is 2.33. The minimum Gasteiger partial charge on any atom is -0.376 e. The minimum absolute atomic E-state index is 0. The molecule has 1 amide bonds. The van der Waals surface area contributed by atoms with E-state index in [2.05, 4.69) is 5.32 Å². The number of nitrogens with one attached hydrogen (secondary N) is 1. The Balaban J connectivity index is 0. The van der Waals surface area contributed by atoms with Gasteiger partial charge in [-0.2, -0.15) is 0 Å². The molecule has 0 atom stereocenters. The maximum Gasteiger partial charge on any atom is 0.217 e. The molecule has 3 heteroatoms. The predicted octanol–water partition coefficient (Wildman–Crippen LogP) is 1.18. The fourth-order valence-electron chi connectivity index (χ4n) is 0.905. The van der Waals surface area contributed by atoms with Crippen molar-refractivity contribution in [3.05, 3.63) is 0 Å². The van der Waals surface area contributed by atoms with Crippen molar-refractivity contribution in [1.29, 1.82) is 0 Å². The van der Waals surface area contributed by atoms with Crippen LogP contribution in [0.1, 0.15) is 29.1 Å². The van der Waals surface area contributed by atoms with Crippen LogP contribution in [0.15, 0.2) is 0 Å². The zero-order valence-corrected chi connectivity index (χ0v) is 7.73. The first-order valence-electron chi connectivity index (χ1n) is 3.99. The van der Waals surface area contributed by atoms with E-state index in [1.54, 1.807) is 0 Å². The van der Waals surface area contributed by atoms with Crippen molar-refractivity contribution in [2.75, 3.05) is 13.2 Å². The summed E-state index contributed by atoms with van der Waals surface area (Å²) in [4.78, 5) is 10.5. The van der Waals surface area contributed by atoms with Crippen molar-refractivity contribution in [3.63, 3.8) is 0 Å². The van der Waals surface area contributed by atoms with E-state index in [4.69, 9.17) is 4.74 Å². The summed E-state index contributed by atoms with van der Waals surface area (Å²) in [5, 5.41) is 2.79. The number of hydrogen-bond acceptors (Lipinski definition) is 2. The number of carbonyl (C=O) groups excluding carboxylic acids is 1. The summed E-state index contributed by atoms with van der Waals surface area (Å²) in [5.41, 5.74) is -0.0775. The molecule has 0 aromatic heterocycles. The van der Waals surface area contributed by atoms with E-state index in [1.165, 1.54) is 6.92 Å². The first-order chi connectivity index (χ1) is 5.12. The van der Waals surface area contributed by atoms with Crippen LogP contribution in [0.5, 0.6) is 0 Å². The third-order valence-electron chi connectivity index (χ3n) is 1.32. The summed E-state index contributed by atoms with van der Waals surface area (Å²) in [6.45, 7) is 8.78. The fraction of sp³-hybridized carbons (Fsp3) is 0.875. The lowest BCUT2D eigenvalue weighted by atomic mass is 10.0. The second kappa shape index (κ2) is 4.34. The molecule has 1 rings (SSSR count). The third kappa shape index (κ3) is 3.37. The van der Waals surface area contributed by atoms with Gasteiger partial charge in [0.1, 0.15) is 0 Å². The quantitative estimate of drug-likeness (QED) is 0.627. The zero-order valence-electron chi connectivity index (χ0n) is 7.73. The van der Waals surface area contributed by atoms with Crippen molar-refractivity contribution in [3.8, 4) is 0 Å². The molecule has 0 radical (unpaired) electrons. The van der Waals surface area contributed by atoms with E-state index in [9.17, 15) is 4.79 Å². The smallest absolute Gasteiger partial charge is 0.217 e. The largest absolute Gasteiger partial charge is 0.376 e. The van der Waals surface area contributed by atoms with Crippen LogP contribution >= 0.6 is 0 Å². The third-order valence-corrected chi connectivity index (χ3v) is 1.32. The second-order valence-electron chi connectivity index (χ2n) is 2.73. The molecule has 0 aromatic carbocycles. The van der Waals surface area contributed by atoms with Gasteiger partial charge in [0.15, 0.2) is 0 Å². The van der Waals surface area contributed by atoms with Crippen LogP contribution in [-0.2, 0) is 9.53 Å². The maximum absolute atomic E-state index is 10.5. The molecule has 0 aliphatic carbocycles. The zero-order chi connectivity index (χ0) is 8.91. The van der Waals surface area contributed by atoms with Crippen LogP contribution in [0.2, 0.25) is 0 Å². The van der Waals surface area contributed by atoms with E-state index in [1.807, 2.05) is 20.8 Å². The molecule has 11 heavy (non-hydrogen) atoms. The highest BCUT2D eigenvalue weighted by Crippen LogP contribution is 2.14. The highest BCUT2D eigenvalue weighted by atomic mass is 16.5. The van der Waals surface area contributed by atoms with Gasteiger partial charge < -0.3 is 10.1 Å². The van der Waals surface area contributed by atoms with Crippen molar-refractivity contribution >= 4 is 5.91 Å². The molecular weight excluding hydrogens is 142 g/mol. The molecular formula is C8H19NO2. The van der Waals surface area contributed by atoms with Gasteiger partial charge in [0.25, 0.3) is 0 Å². The Morgan fingerprint density at radius 2 is 2.00 bits per heavy atom. The van der Waals surface area contributed by atoms with Crippen LogP contribution in [0.3, 0.4) is 0 Å². The first kappa shape index (κ1) is 10.4. The summed E-state index contributed by atoms with van der Waals surface area (Å²) >= 11 is 0. The fourth-order valence-corrected chi connectivity index (χ4v) is 0.905. The molecule has 0 saturated carbocycles. The summed E-state index contributed by atoms with van der Waals surface area (Å²) in [5.74, 6) is 0.0146. The van der Waals surface area contributed by atoms with Crippen LogP contribution in [0.25, 0.3) is 0 Å². The van der Waals surface area contributed by atoms with Gasteiger partial charge in [-0.3, -0.25) is 4.79 Å². The molecule has 1 aliphatic rings. The van der Waals surface area contributed by atoms with E-state index < -0.39 is 0 Å². The monoisotopic (exact) mass is 161 g/mol. The number of rotatable bonds is 1. The molecule has 1 fully saturated rings. The van der Waals surface area contributed by atoms with Gasteiger partial charge in [-0.15, -0.1) is 0 Å². The topological polar surface area (TPSA) is 38.3 Å². The molecule has 68 valence electrons. The maximum atomic E-state index is 10.5. The van der Waals surface area contributed by atoms with E-state index in [0.29, 0.717) is 13.2 Å². The second-order valence-corrected chi connectivity index (χ2v) is 2.73. The minimum atomic E-state index is -0.0775. The van der Waals surface area contributed by atoms with Gasteiger partial charge >= 0.3 is 0 Å². The molecule has 1 saturated heterocycles. The molecule has 0 bridgehead atoms. The van der Waals surface area contributed by atoms with E-state index in [-0.39, 0.29) is 12.9 Å². The predicted molar refractivity (Wildman–Crippen MR) is 46.5 cm³/mol. The summed E-state index contributed by atoms with van der Waals surface area (Å²) < 4.78 is 4.92. The number of carbonyl (C=O) groups is 1. The molecule has 0 unspecified atom stereocenters. The first-order valence-corrected chi connectivity index (χ1v) is 3.99. The number of hydrogen-bond donors (Lipinski definition) is 1. The lowest BCUT2D eigenvalue weighted by Gasteiger charge is -2.38. The lowest BCUT2D eigenvalue weighted by molar-refractivity contribution is -0.128. The lowest BCUT2D eigenvalue weighted by Crippen LogP contribution is -2.59. The SMILES string of the molecule is CC.CC(=O)NC1(C)COC1.[HH]. The van der Waals surface area contributed by atoms with E-state index in [0.717, 1.165) is 0 Å². The summed E-state index contributed by atoms with van der Waals surface area (Å²) in [6, 6.07) is 0. The van der Waals surface area contributed by atoms with Gasteiger partial charge in [0, 0.05) is 8.35 Å². The average Bonchev–Trinajstić information content (AvgIpc) is 1.88. The van der Waals surface area contributed by atoms with Gasteiger partial charge in [0.05, 0.1) is 18.8 Å². The summed E-state index contributed by atoms with van der Waals surface area (Å²) in [6.07, 6.45) is 0. The summed E-state index contributed by atoms with van der Waals surface area (Å²) in [7, 11) is 0. The van der Waals surface area contributed by atoms with Gasteiger partial charge in [-0.05, 0) is 6.92 Å². The standard InChI is InChI=1S/C6H11NO2.C2H6.H2/c1-5(8)7-6(2)3-9-4-6;1-2;/h3-4H2,1-2H3,(H,7,8);1-2H3;1H. The van der Waals surface area contributed by atoms with Crippen molar-refractivity contribution in [2.45, 2.75) is 33.2 Å². The highest BCUT2D eigenvalue weighted by molar-refractivity contribution is 5.73. The van der Waals surface area contributed by atoms with Gasteiger partial charge in [-0.1, -0.05) is 13.8 Å². The molecule has 0 spiro atoms. The number of ether oxygens (including phenoxy) is 1. The Hall–Kier alpha value is -0.570. The van der Waals surface area contributed by atoms with Crippen molar-refractivity contribution in [1.82, 2.24) is 5.32 Å². The van der Waals surface area contributed by atoms with Crippen LogP contribution < -0.4 is 5.32 Å². The molecule has 0 aromatic rings. The Morgan fingerprint density at radius 3 is 2.09 bits per heavy atom. The molecule has 1 N–H and O–H groups in total. The van der Waals surface area contributed by atoms with Crippen LogP contribution in [0.4, 0.5) is 0 Å². The Labute approximate surface area is 69.6 Å². The Morgan fingerprint density at radius 1 is 1.55 bits per heavy atom. The van der Waals surface area contributed by atoms with Crippen LogP contribution in [-0.4, -0.2) is 24.7 Å².